The van der Waals surface area contributed by atoms with Crippen molar-refractivity contribution in [3.8, 4) is 11.5 Å². The van der Waals surface area contributed by atoms with Gasteiger partial charge in [0.25, 0.3) is 23.6 Å². The molecule has 0 saturated carbocycles. The number of amidine groups is 2. The van der Waals surface area contributed by atoms with E-state index >= 15 is 0 Å². The van der Waals surface area contributed by atoms with E-state index in [-0.39, 0.29) is 11.1 Å². The van der Waals surface area contributed by atoms with Crippen molar-refractivity contribution in [2.75, 3.05) is 63.7 Å². The minimum absolute atomic E-state index is 0.209. The zero-order chi connectivity index (χ0) is 53.1. The van der Waals surface area contributed by atoms with E-state index in [2.05, 4.69) is 31.2 Å². The Morgan fingerprint density at radius 2 is 0.833 bits per heavy atom. The number of carbonyl (C=O) groups excluding carboxylic acids is 4. The molecular weight excluding hydrogens is 972 g/mol. The summed E-state index contributed by atoms with van der Waals surface area (Å²) in [6.07, 6.45) is 3.96. The number of anilines is 4. The molecule has 0 fully saturated rings. The number of carboxylic acid groups (broad SMARTS) is 2. The Kier molecular flexibility index (Phi) is 20.5. The van der Waals surface area contributed by atoms with Gasteiger partial charge in [-0.3, -0.25) is 30.0 Å². The molecule has 4 aromatic carbocycles. The van der Waals surface area contributed by atoms with Gasteiger partial charge in [0.1, 0.15) is 34.8 Å². The lowest BCUT2D eigenvalue weighted by atomic mass is 10.1. The van der Waals surface area contributed by atoms with Gasteiger partial charge in [-0.1, -0.05) is 47.5 Å². The number of amides is 4. The summed E-state index contributed by atoms with van der Waals surface area (Å²) in [5.41, 5.74) is 3.20. The maximum atomic E-state index is 12.9. The highest BCUT2D eigenvalue weighted by Crippen LogP contribution is 2.26. The summed E-state index contributed by atoms with van der Waals surface area (Å²) in [6, 6.07) is 29.2. The maximum absolute atomic E-state index is 12.9. The Bertz CT molecular complexity index is 2770. The lowest BCUT2D eigenvalue weighted by molar-refractivity contribution is -0.134. The number of hydrogen-bond acceptors (Lipinski definition) is 12. The fraction of sp³-hybridized carbons (Fsp3) is 0.120. The van der Waals surface area contributed by atoms with Crippen molar-refractivity contribution in [3.63, 3.8) is 0 Å². The van der Waals surface area contributed by atoms with E-state index in [4.69, 9.17) is 53.7 Å². The smallest absolute Gasteiger partial charge is 0.328 e. The van der Waals surface area contributed by atoms with E-state index in [0.717, 1.165) is 0 Å². The molecule has 0 atom stereocenters. The number of nitrogens with one attached hydrogen (secondary N) is 6. The number of ether oxygens (including phenoxy) is 2. The van der Waals surface area contributed by atoms with Gasteiger partial charge < -0.3 is 50.8 Å². The number of halogens is 2. The third-order valence-corrected chi connectivity index (χ3v) is 9.93. The normalized spacial score (nSPS) is 10.2. The number of rotatable bonds is 14. The number of carbonyl (C=O) groups is 6. The van der Waals surface area contributed by atoms with Crippen LogP contribution in [0.5, 0.6) is 11.5 Å². The van der Waals surface area contributed by atoms with Crippen LogP contribution in [-0.4, -0.2) is 120 Å². The van der Waals surface area contributed by atoms with E-state index in [0.29, 0.717) is 90.6 Å². The van der Waals surface area contributed by atoms with Crippen molar-refractivity contribution in [2.24, 2.45) is 0 Å². The Morgan fingerprint density at radius 1 is 0.500 bits per heavy atom. The van der Waals surface area contributed by atoms with Crippen LogP contribution in [0.4, 0.5) is 23.0 Å². The number of nitrogens with zero attached hydrogens (tertiary/aromatic N) is 4. The summed E-state index contributed by atoms with van der Waals surface area (Å²) in [4.78, 5) is 81.9. The molecule has 0 saturated heterocycles. The van der Waals surface area contributed by atoms with Crippen molar-refractivity contribution in [1.29, 1.82) is 10.8 Å². The standard InChI is InChI=1S/2C23H22ClN5O3.C4H4O4/c2*1-29(2)21(25)14-4-6-15(7-5-14)22(30)27-19-10-9-17(32-3)12-18(19)23(31)28-20-11-8-16(24)13-26-20;5-3(6)1-2-4(7)8/h2*4-13,25H,1-3H3,(H,27,30)(H,26,28,31);1-2H,(H,5,6)(H,7,8)/b;;2-1-. The van der Waals surface area contributed by atoms with E-state index < -0.39 is 35.6 Å². The van der Waals surface area contributed by atoms with Crippen molar-refractivity contribution in [3.05, 3.63) is 177 Å². The first-order chi connectivity index (χ1) is 34.2. The first kappa shape index (κ1) is 55.5. The molecule has 2 heterocycles. The molecule has 0 aliphatic rings. The van der Waals surface area contributed by atoms with Crippen LogP contribution >= 0.6 is 23.2 Å². The highest BCUT2D eigenvalue weighted by Gasteiger charge is 2.19. The largest absolute Gasteiger partial charge is 0.497 e. The van der Waals surface area contributed by atoms with Gasteiger partial charge in [-0.05, 0) is 84.9 Å². The summed E-state index contributed by atoms with van der Waals surface area (Å²) >= 11 is 11.7. The highest BCUT2D eigenvalue weighted by atomic mass is 35.5. The predicted octanol–water partition coefficient (Wildman–Crippen LogP) is 7.98. The lowest BCUT2D eigenvalue weighted by Crippen LogP contribution is -2.22. The summed E-state index contributed by atoms with van der Waals surface area (Å²) < 4.78 is 10.4. The molecule has 6 aromatic rings. The second kappa shape index (κ2) is 26.6. The molecule has 0 radical (unpaired) electrons. The fourth-order valence-electron chi connectivity index (χ4n) is 5.77. The van der Waals surface area contributed by atoms with E-state index in [9.17, 15) is 28.8 Å². The SMILES string of the molecule is COc1ccc(NC(=O)c2ccc(C(=N)N(C)C)cc2)c(C(=O)Nc2ccc(Cl)cn2)c1.COc1ccc(NC(=O)c2ccc(C(=N)N(C)C)cc2)c(C(=O)Nc2ccc(Cl)cn2)c1.O=C(O)/C=C\C(=O)O. The van der Waals surface area contributed by atoms with Gasteiger partial charge in [0.05, 0.1) is 46.8 Å². The van der Waals surface area contributed by atoms with Gasteiger partial charge in [0, 0.05) is 75.0 Å². The van der Waals surface area contributed by atoms with Crippen molar-refractivity contribution >= 4 is 93.5 Å². The monoisotopic (exact) mass is 1020 g/mol. The minimum Gasteiger partial charge on any atom is -0.497 e. The van der Waals surface area contributed by atoms with Crippen LogP contribution in [0.15, 0.2) is 134 Å². The summed E-state index contributed by atoms with van der Waals surface area (Å²) in [5, 5.41) is 43.4. The Hall–Kier alpha value is -9.14. The molecule has 0 unspecified atom stereocenters. The zero-order valence-corrected chi connectivity index (χ0v) is 40.9. The molecule has 2 aromatic heterocycles. The molecule has 0 spiro atoms. The van der Waals surface area contributed by atoms with Gasteiger partial charge in [-0.2, -0.15) is 0 Å². The highest BCUT2D eigenvalue weighted by molar-refractivity contribution is 6.30. The van der Waals surface area contributed by atoms with Crippen LogP contribution in [0.2, 0.25) is 10.0 Å². The lowest BCUT2D eigenvalue weighted by Gasteiger charge is -2.15. The maximum Gasteiger partial charge on any atom is 0.328 e. The van der Waals surface area contributed by atoms with Gasteiger partial charge in [-0.25, -0.2) is 19.6 Å². The Morgan fingerprint density at radius 3 is 1.11 bits per heavy atom. The number of aliphatic carboxylic acids is 2. The molecule has 22 heteroatoms. The molecule has 0 aliphatic heterocycles. The van der Waals surface area contributed by atoms with Crippen LogP contribution < -0.4 is 30.7 Å². The topological polar surface area (TPSA) is 289 Å². The molecule has 72 heavy (non-hydrogen) atoms. The molecular formula is C50H48Cl2N10O10. The molecule has 0 aliphatic carbocycles. The molecule has 20 nitrogen and oxygen atoms in total. The van der Waals surface area contributed by atoms with Crippen molar-refractivity contribution in [1.82, 2.24) is 19.8 Å². The van der Waals surface area contributed by atoms with E-state index in [1.165, 1.54) is 38.7 Å². The summed E-state index contributed by atoms with van der Waals surface area (Å²) in [5.74, 6) is -2.01. The summed E-state index contributed by atoms with van der Waals surface area (Å²) in [6.45, 7) is 0. The third kappa shape index (κ3) is 16.8. The Balaban J connectivity index is 0.000000271. The number of carboxylic acids is 2. The average Bonchev–Trinajstić information content (AvgIpc) is 3.37. The molecule has 0 bridgehead atoms. The van der Waals surface area contributed by atoms with Gasteiger partial charge >= 0.3 is 11.9 Å². The van der Waals surface area contributed by atoms with Gasteiger partial charge in [0.15, 0.2) is 0 Å². The quantitative estimate of drug-likeness (QED) is 0.0292. The third-order valence-electron chi connectivity index (χ3n) is 9.48. The van der Waals surface area contributed by atoms with Crippen LogP contribution in [0.3, 0.4) is 0 Å². The van der Waals surface area contributed by atoms with Crippen LogP contribution in [0.1, 0.15) is 52.6 Å². The fourth-order valence-corrected chi connectivity index (χ4v) is 5.99. The zero-order valence-electron chi connectivity index (χ0n) is 39.4. The molecule has 8 N–H and O–H groups in total. The van der Waals surface area contributed by atoms with Crippen LogP contribution in [-0.2, 0) is 9.59 Å². The first-order valence-corrected chi connectivity index (χ1v) is 21.7. The van der Waals surface area contributed by atoms with E-state index in [1.54, 1.807) is 135 Å². The molecule has 4 amide bonds. The number of benzene rings is 4. The van der Waals surface area contributed by atoms with Gasteiger partial charge in [-0.15, -0.1) is 0 Å². The number of hydrogen-bond donors (Lipinski definition) is 8. The first-order valence-electron chi connectivity index (χ1n) is 20.9. The second-order valence-corrected chi connectivity index (χ2v) is 15.9. The molecule has 6 rings (SSSR count). The van der Waals surface area contributed by atoms with Crippen molar-refractivity contribution < 1.29 is 48.5 Å². The van der Waals surface area contributed by atoms with E-state index in [1.807, 2.05) is 0 Å². The minimum atomic E-state index is -1.26. The predicted molar refractivity (Wildman–Crippen MR) is 275 cm³/mol. The number of methoxy groups -OCH3 is 2. The molecule has 372 valence electrons. The Labute approximate surface area is 423 Å². The summed E-state index contributed by atoms with van der Waals surface area (Å²) in [7, 11) is 10.1. The number of aromatic nitrogens is 2. The van der Waals surface area contributed by atoms with Gasteiger partial charge in [0.2, 0.25) is 0 Å². The average molecular weight is 1020 g/mol. The second-order valence-electron chi connectivity index (χ2n) is 15.0. The van der Waals surface area contributed by atoms with Crippen LogP contribution in [0.25, 0.3) is 0 Å². The number of pyridine rings is 2. The van der Waals surface area contributed by atoms with Crippen molar-refractivity contribution in [2.45, 2.75) is 0 Å². The van der Waals surface area contributed by atoms with Crippen LogP contribution in [0, 0.1) is 10.8 Å².